The Hall–Kier alpha value is -1.26. The van der Waals surface area contributed by atoms with Crippen molar-refractivity contribution < 1.29 is 9.53 Å². The van der Waals surface area contributed by atoms with Gasteiger partial charge in [0.15, 0.2) is 0 Å². The zero-order chi connectivity index (χ0) is 13.8. The average molecular weight is 283 g/mol. The SMILES string of the molecule is CNc1ccc(Cl)cc1C(=O)N(CCOC)C1CC1. The van der Waals surface area contributed by atoms with Crippen molar-refractivity contribution in [2.45, 2.75) is 18.9 Å². The molecular formula is C14H19ClN2O2. The highest BCUT2D eigenvalue weighted by atomic mass is 35.5. The highest BCUT2D eigenvalue weighted by Gasteiger charge is 2.33. The molecule has 0 atom stereocenters. The molecule has 1 fully saturated rings. The first-order chi connectivity index (χ1) is 9.17. The maximum Gasteiger partial charge on any atom is 0.256 e. The van der Waals surface area contributed by atoms with Gasteiger partial charge in [-0.3, -0.25) is 4.79 Å². The number of hydrogen-bond acceptors (Lipinski definition) is 3. The van der Waals surface area contributed by atoms with Crippen molar-refractivity contribution in [3.05, 3.63) is 28.8 Å². The van der Waals surface area contributed by atoms with Gasteiger partial charge in [-0.2, -0.15) is 0 Å². The Morgan fingerprint density at radius 3 is 2.84 bits per heavy atom. The summed E-state index contributed by atoms with van der Waals surface area (Å²) >= 11 is 6.00. The summed E-state index contributed by atoms with van der Waals surface area (Å²) in [6.07, 6.45) is 2.15. The highest BCUT2D eigenvalue weighted by Crippen LogP contribution is 2.30. The molecule has 2 rings (SSSR count). The second kappa shape index (κ2) is 6.26. The van der Waals surface area contributed by atoms with E-state index in [4.69, 9.17) is 16.3 Å². The standard InChI is InChI=1S/C14H19ClN2O2/c1-16-13-6-3-10(15)9-12(13)14(18)17(7-8-19-2)11-4-5-11/h3,6,9,11,16H,4-5,7-8H2,1-2H3. The van der Waals surface area contributed by atoms with Gasteiger partial charge in [-0.05, 0) is 31.0 Å². The van der Waals surface area contributed by atoms with E-state index in [1.54, 1.807) is 26.3 Å². The van der Waals surface area contributed by atoms with Crippen LogP contribution in [-0.2, 0) is 4.74 Å². The van der Waals surface area contributed by atoms with Gasteiger partial charge in [0.25, 0.3) is 5.91 Å². The lowest BCUT2D eigenvalue weighted by molar-refractivity contribution is 0.0681. The number of carbonyl (C=O) groups is 1. The van der Waals surface area contributed by atoms with Crippen molar-refractivity contribution in [3.63, 3.8) is 0 Å². The van der Waals surface area contributed by atoms with Crippen molar-refractivity contribution in [1.29, 1.82) is 0 Å². The molecule has 1 aliphatic carbocycles. The van der Waals surface area contributed by atoms with Crippen molar-refractivity contribution in [1.82, 2.24) is 4.90 Å². The topological polar surface area (TPSA) is 41.6 Å². The van der Waals surface area contributed by atoms with Gasteiger partial charge in [0.1, 0.15) is 0 Å². The van der Waals surface area contributed by atoms with Gasteiger partial charge >= 0.3 is 0 Å². The second-order valence-electron chi connectivity index (χ2n) is 4.66. The largest absolute Gasteiger partial charge is 0.387 e. The Kier molecular flexibility index (Phi) is 4.66. The second-order valence-corrected chi connectivity index (χ2v) is 5.10. The van der Waals surface area contributed by atoms with Crippen LogP contribution >= 0.6 is 11.6 Å². The van der Waals surface area contributed by atoms with Gasteiger partial charge in [-0.1, -0.05) is 11.6 Å². The summed E-state index contributed by atoms with van der Waals surface area (Å²) in [5.74, 6) is 0.0198. The summed E-state index contributed by atoms with van der Waals surface area (Å²) in [7, 11) is 3.45. The number of halogens is 1. The lowest BCUT2D eigenvalue weighted by Crippen LogP contribution is -2.36. The van der Waals surface area contributed by atoms with Crippen LogP contribution in [0.15, 0.2) is 18.2 Å². The number of benzene rings is 1. The molecule has 0 aromatic heterocycles. The number of anilines is 1. The number of carbonyl (C=O) groups excluding carboxylic acids is 1. The monoisotopic (exact) mass is 282 g/mol. The summed E-state index contributed by atoms with van der Waals surface area (Å²) in [4.78, 5) is 14.5. The van der Waals surface area contributed by atoms with Crippen LogP contribution in [0, 0.1) is 0 Å². The zero-order valence-corrected chi connectivity index (χ0v) is 12.0. The van der Waals surface area contributed by atoms with Crippen LogP contribution in [0.25, 0.3) is 0 Å². The van der Waals surface area contributed by atoms with Crippen molar-refractivity contribution in [2.75, 3.05) is 32.6 Å². The number of nitrogens with zero attached hydrogens (tertiary/aromatic N) is 1. The Bertz CT molecular complexity index is 461. The lowest BCUT2D eigenvalue weighted by Gasteiger charge is -2.23. The van der Waals surface area contributed by atoms with E-state index in [0.717, 1.165) is 18.5 Å². The molecule has 1 aromatic rings. The van der Waals surface area contributed by atoms with Crippen LogP contribution in [0.2, 0.25) is 5.02 Å². The van der Waals surface area contributed by atoms with Crippen LogP contribution in [0.5, 0.6) is 0 Å². The molecule has 0 aliphatic heterocycles. The first-order valence-electron chi connectivity index (χ1n) is 6.44. The molecule has 0 spiro atoms. The molecule has 0 radical (unpaired) electrons. The fraction of sp³-hybridized carbons (Fsp3) is 0.500. The molecule has 4 nitrogen and oxygen atoms in total. The van der Waals surface area contributed by atoms with Crippen LogP contribution in [0.1, 0.15) is 23.2 Å². The number of hydrogen-bond donors (Lipinski definition) is 1. The van der Waals surface area contributed by atoms with Gasteiger partial charge < -0.3 is 15.0 Å². The van der Waals surface area contributed by atoms with E-state index in [0.29, 0.717) is 29.8 Å². The summed E-state index contributed by atoms with van der Waals surface area (Å²) in [6, 6.07) is 5.68. The van der Waals surface area contributed by atoms with Crippen LogP contribution < -0.4 is 5.32 Å². The molecule has 0 heterocycles. The molecule has 1 N–H and O–H groups in total. The van der Waals surface area contributed by atoms with E-state index >= 15 is 0 Å². The predicted molar refractivity (Wildman–Crippen MR) is 76.9 cm³/mol. The van der Waals surface area contributed by atoms with Gasteiger partial charge in [0, 0.05) is 37.5 Å². The van der Waals surface area contributed by atoms with E-state index < -0.39 is 0 Å². The molecule has 0 bridgehead atoms. The Labute approximate surface area is 118 Å². The normalized spacial score (nSPS) is 14.3. The van der Waals surface area contributed by atoms with E-state index in [1.165, 1.54) is 0 Å². The highest BCUT2D eigenvalue weighted by molar-refractivity contribution is 6.31. The van der Waals surface area contributed by atoms with E-state index in [9.17, 15) is 4.79 Å². The van der Waals surface area contributed by atoms with Crippen molar-refractivity contribution in [3.8, 4) is 0 Å². The smallest absolute Gasteiger partial charge is 0.256 e. The summed E-state index contributed by atoms with van der Waals surface area (Å²) < 4.78 is 5.08. The lowest BCUT2D eigenvalue weighted by atomic mass is 10.1. The molecular weight excluding hydrogens is 264 g/mol. The minimum Gasteiger partial charge on any atom is -0.387 e. The third-order valence-electron chi connectivity index (χ3n) is 3.27. The van der Waals surface area contributed by atoms with Gasteiger partial charge in [0.2, 0.25) is 0 Å². The third kappa shape index (κ3) is 3.39. The molecule has 1 saturated carbocycles. The quantitative estimate of drug-likeness (QED) is 0.872. The maximum absolute atomic E-state index is 12.6. The first kappa shape index (κ1) is 14.2. The average Bonchev–Trinajstić information content (AvgIpc) is 3.23. The number of methoxy groups -OCH3 is 1. The van der Waals surface area contributed by atoms with E-state index in [-0.39, 0.29) is 5.91 Å². The van der Waals surface area contributed by atoms with Crippen LogP contribution in [-0.4, -0.2) is 44.2 Å². The molecule has 5 heteroatoms. The third-order valence-corrected chi connectivity index (χ3v) is 3.50. The maximum atomic E-state index is 12.6. The van der Waals surface area contributed by atoms with Gasteiger partial charge in [-0.15, -0.1) is 0 Å². The predicted octanol–water partition coefficient (Wildman–Crippen LogP) is 2.63. The Balaban J connectivity index is 2.22. The van der Waals surface area contributed by atoms with Crippen LogP contribution in [0.3, 0.4) is 0 Å². The van der Waals surface area contributed by atoms with Crippen molar-refractivity contribution >= 4 is 23.2 Å². The summed E-state index contributed by atoms with van der Waals surface area (Å²) in [5.41, 5.74) is 1.43. The fourth-order valence-electron chi connectivity index (χ4n) is 2.09. The summed E-state index contributed by atoms with van der Waals surface area (Å²) in [5, 5.41) is 3.61. The van der Waals surface area contributed by atoms with Crippen molar-refractivity contribution in [2.24, 2.45) is 0 Å². The minimum atomic E-state index is 0.0198. The van der Waals surface area contributed by atoms with E-state index in [1.807, 2.05) is 11.0 Å². The molecule has 19 heavy (non-hydrogen) atoms. The number of ether oxygens (including phenoxy) is 1. The van der Waals surface area contributed by atoms with Gasteiger partial charge in [-0.25, -0.2) is 0 Å². The molecule has 1 amide bonds. The Morgan fingerprint density at radius 1 is 1.53 bits per heavy atom. The molecule has 0 saturated heterocycles. The van der Waals surface area contributed by atoms with Crippen LogP contribution in [0.4, 0.5) is 5.69 Å². The minimum absolute atomic E-state index is 0.0198. The van der Waals surface area contributed by atoms with Gasteiger partial charge in [0.05, 0.1) is 12.2 Å². The molecule has 1 aliphatic rings. The molecule has 0 unspecified atom stereocenters. The Morgan fingerprint density at radius 2 is 2.26 bits per heavy atom. The molecule has 1 aromatic carbocycles. The zero-order valence-electron chi connectivity index (χ0n) is 11.3. The number of amides is 1. The first-order valence-corrected chi connectivity index (χ1v) is 6.82. The molecule has 104 valence electrons. The summed E-state index contributed by atoms with van der Waals surface area (Å²) in [6.45, 7) is 1.17. The fourth-order valence-corrected chi connectivity index (χ4v) is 2.26. The van der Waals surface area contributed by atoms with E-state index in [2.05, 4.69) is 5.32 Å². The number of rotatable bonds is 6. The number of nitrogens with one attached hydrogen (secondary N) is 1.